The first-order valence-corrected chi connectivity index (χ1v) is 8.25. The minimum absolute atomic E-state index is 0.217. The van der Waals surface area contributed by atoms with Gasteiger partial charge < -0.3 is 10.6 Å². The molecule has 5 fully saturated rings. The Morgan fingerprint density at radius 1 is 1.00 bits per heavy atom. The Kier molecular flexibility index (Phi) is 2.87. The molecule has 0 aromatic rings. The topological polar surface area (TPSA) is 46.3 Å². The second-order valence-corrected chi connectivity index (χ2v) is 7.64. The number of likely N-dealkylation sites (tertiary alicyclic amines) is 1. The summed E-state index contributed by atoms with van der Waals surface area (Å²) in [5, 5.41) is 0. The fraction of sp³-hybridized carbons (Fsp3) is 0.938. The first-order valence-electron chi connectivity index (χ1n) is 8.25. The molecule has 1 heterocycles. The summed E-state index contributed by atoms with van der Waals surface area (Å²) in [6, 6.07) is 0.217. The number of nitrogens with zero attached hydrogens (tertiary/aromatic N) is 1. The van der Waals surface area contributed by atoms with E-state index in [0.29, 0.717) is 23.7 Å². The summed E-state index contributed by atoms with van der Waals surface area (Å²) in [6.45, 7) is 1.76. The van der Waals surface area contributed by atoms with E-state index in [4.69, 9.17) is 5.73 Å². The lowest BCUT2D eigenvalue weighted by molar-refractivity contribution is -0.150. The van der Waals surface area contributed by atoms with Crippen molar-refractivity contribution in [3.63, 3.8) is 0 Å². The van der Waals surface area contributed by atoms with E-state index >= 15 is 0 Å². The molecule has 4 aliphatic carbocycles. The van der Waals surface area contributed by atoms with Crippen LogP contribution in [0.4, 0.5) is 0 Å². The monoisotopic (exact) mass is 262 g/mol. The average Bonchev–Trinajstić information content (AvgIpc) is 2.37. The average molecular weight is 262 g/mol. The molecule has 2 N–H and O–H groups in total. The van der Waals surface area contributed by atoms with E-state index in [-0.39, 0.29) is 6.04 Å². The molecule has 3 nitrogen and oxygen atoms in total. The van der Waals surface area contributed by atoms with E-state index in [1.165, 1.54) is 32.1 Å². The van der Waals surface area contributed by atoms with Crippen LogP contribution in [0.1, 0.15) is 44.9 Å². The summed E-state index contributed by atoms with van der Waals surface area (Å²) in [5.74, 6) is 4.15. The van der Waals surface area contributed by atoms with Crippen molar-refractivity contribution in [2.24, 2.45) is 35.3 Å². The van der Waals surface area contributed by atoms with Gasteiger partial charge in [0.25, 0.3) is 0 Å². The zero-order valence-electron chi connectivity index (χ0n) is 11.8. The van der Waals surface area contributed by atoms with Gasteiger partial charge in [0.1, 0.15) is 0 Å². The number of piperidine rings is 1. The molecule has 0 spiro atoms. The molecule has 19 heavy (non-hydrogen) atoms. The standard InChI is InChI=1S/C16H26N2O/c17-14-2-1-3-18(9-14)16(19)15-12-5-10-4-11(7-12)8-13(15)6-10/h10-15H,1-9,17H2. The van der Waals surface area contributed by atoms with Gasteiger partial charge >= 0.3 is 0 Å². The Hall–Kier alpha value is -0.570. The van der Waals surface area contributed by atoms with Gasteiger partial charge in [-0.25, -0.2) is 0 Å². The van der Waals surface area contributed by atoms with Gasteiger partial charge in [0.15, 0.2) is 0 Å². The number of hydrogen-bond acceptors (Lipinski definition) is 2. The van der Waals surface area contributed by atoms with Crippen LogP contribution in [0.5, 0.6) is 0 Å². The predicted molar refractivity (Wildman–Crippen MR) is 74.3 cm³/mol. The van der Waals surface area contributed by atoms with Crippen molar-refractivity contribution in [2.45, 2.75) is 51.0 Å². The SMILES string of the molecule is NC1CCCN(C(=O)C2C3CC4CC(C3)CC2C4)C1. The summed E-state index contributed by atoms with van der Waals surface area (Å²) in [7, 11) is 0. The number of carbonyl (C=O) groups is 1. The molecule has 1 aliphatic heterocycles. The Labute approximate surface area is 115 Å². The minimum atomic E-state index is 0.217. The normalized spacial score (nSPS) is 48.6. The Morgan fingerprint density at radius 2 is 1.63 bits per heavy atom. The van der Waals surface area contributed by atoms with E-state index in [1.54, 1.807) is 0 Å². The van der Waals surface area contributed by atoms with Gasteiger partial charge in [0.05, 0.1) is 0 Å². The van der Waals surface area contributed by atoms with Crippen LogP contribution in [0.15, 0.2) is 0 Å². The Bertz CT molecular complexity index is 353. The van der Waals surface area contributed by atoms with Crippen LogP contribution in [0.25, 0.3) is 0 Å². The molecule has 106 valence electrons. The molecule has 0 aromatic carbocycles. The van der Waals surface area contributed by atoms with Crippen molar-refractivity contribution in [3.8, 4) is 0 Å². The van der Waals surface area contributed by atoms with Crippen molar-refractivity contribution in [2.75, 3.05) is 13.1 Å². The molecule has 5 rings (SSSR count). The number of nitrogens with two attached hydrogens (primary N) is 1. The minimum Gasteiger partial charge on any atom is -0.341 e. The van der Waals surface area contributed by atoms with Gasteiger partial charge in [-0.15, -0.1) is 0 Å². The first-order chi connectivity index (χ1) is 9.20. The van der Waals surface area contributed by atoms with Gasteiger partial charge in [-0.1, -0.05) is 0 Å². The van der Waals surface area contributed by atoms with E-state index < -0.39 is 0 Å². The van der Waals surface area contributed by atoms with E-state index in [2.05, 4.69) is 4.90 Å². The van der Waals surface area contributed by atoms with Crippen LogP contribution in [0.2, 0.25) is 0 Å². The number of amides is 1. The van der Waals surface area contributed by atoms with Gasteiger partial charge in [-0.2, -0.15) is 0 Å². The van der Waals surface area contributed by atoms with Crippen LogP contribution in [-0.4, -0.2) is 29.9 Å². The Balaban J connectivity index is 1.51. The molecular weight excluding hydrogens is 236 g/mol. The van der Waals surface area contributed by atoms with Crippen molar-refractivity contribution >= 4 is 5.91 Å². The fourth-order valence-electron chi connectivity index (χ4n) is 5.75. The molecule has 0 aromatic heterocycles. The highest BCUT2D eigenvalue weighted by Crippen LogP contribution is 2.56. The van der Waals surface area contributed by atoms with Crippen LogP contribution >= 0.6 is 0 Å². The van der Waals surface area contributed by atoms with E-state index in [0.717, 1.165) is 37.8 Å². The van der Waals surface area contributed by atoms with Gasteiger partial charge in [0, 0.05) is 25.0 Å². The highest BCUT2D eigenvalue weighted by Gasteiger charge is 2.51. The smallest absolute Gasteiger partial charge is 0.226 e. The molecular formula is C16H26N2O. The summed E-state index contributed by atoms with van der Waals surface area (Å²) < 4.78 is 0. The first kappa shape index (κ1) is 12.2. The van der Waals surface area contributed by atoms with Crippen LogP contribution in [0, 0.1) is 29.6 Å². The third-order valence-corrected chi connectivity index (χ3v) is 6.28. The van der Waals surface area contributed by atoms with Crippen LogP contribution in [-0.2, 0) is 4.79 Å². The number of rotatable bonds is 1. The lowest BCUT2D eigenvalue weighted by Gasteiger charge is -2.54. The molecule has 1 unspecified atom stereocenters. The van der Waals surface area contributed by atoms with Crippen molar-refractivity contribution in [1.82, 2.24) is 4.90 Å². The maximum Gasteiger partial charge on any atom is 0.226 e. The zero-order valence-corrected chi connectivity index (χ0v) is 11.8. The van der Waals surface area contributed by atoms with Crippen LogP contribution < -0.4 is 5.73 Å². The third kappa shape index (κ3) is 2.01. The molecule has 4 saturated carbocycles. The summed E-state index contributed by atoms with van der Waals surface area (Å²) in [5.41, 5.74) is 6.04. The van der Waals surface area contributed by atoms with Crippen LogP contribution in [0.3, 0.4) is 0 Å². The number of carbonyl (C=O) groups excluding carboxylic acids is 1. The maximum absolute atomic E-state index is 12.9. The van der Waals surface area contributed by atoms with Crippen molar-refractivity contribution < 1.29 is 4.79 Å². The van der Waals surface area contributed by atoms with Crippen molar-refractivity contribution in [3.05, 3.63) is 0 Å². The highest BCUT2D eigenvalue weighted by molar-refractivity contribution is 5.80. The number of hydrogen-bond donors (Lipinski definition) is 1. The van der Waals surface area contributed by atoms with Gasteiger partial charge in [-0.3, -0.25) is 4.79 Å². The van der Waals surface area contributed by atoms with E-state index in [1.807, 2.05) is 0 Å². The largest absolute Gasteiger partial charge is 0.341 e. The second kappa shape index (κ2) is 4.47. The van der Waals surface area contributed by atoms with Gasteiger partial charge in [-0.05, 0) is 68.6 Å². The molecule has 1 saturated heterocycles. The Morgan fingerprint density at radius 3 is 2.21 bits per heavy atom. The quantitative estimate of drug-likeness (QED) is 0.785. The summed E-state index contributed by atoms with van der Waals surface area (Å²) in [6.07, 6.45) is 8.99. The molecule has 1 amide bonds. The summed E-state index contributed by atoms with van der Waals surface area (Å²) in [4.78, 5) is 15.0. The predicted octanol–water partition coefficient (Wildman–Crippen LogP) is 2.01. The van der Waals surface area contributed by atoms with E-state index in [9.17, 15) is 4.79 Å². The maximum atomic E-state index is 12.9. The molecule has 3 heteroatoms. The van der Waals surface area contributed by atoms with Crippen molar-refractivity contribution in [1.29, 1.82) is 0 Å². The zero-order chi connectivity index (χ0) is 13.0. The lowest BCUT2D eigenvalue weighted by atomic mass is 9.51. The fourth-order valence-corrected chi connectivity index (χ4v) is 5.75. The second-order valence-electron chi connectivity index (χ2n) is 7.64. The summed E-state index contributed by atoms with van der Waals surface area (Å²) >= 11 is 0. The molecule has 1 atom stereocenters. The highest BCUT2D eigenvalue weighted by atomic mass is 16.2. The lowest BCUT2D eigenvalue weighted by Crippen LogP contribution is -2.54. The van der Waals surface area contributed by atoms with Gasteiger partial charge in [0.2, 0.25) is 5.91 Å². The molecule has 4 bridgehead atoms. The molecule has 5 aliphatic rings. The molecule has 0 radical (unpaired) electrons. The third-order valence-electron chi connectivity index (χ3n) is 6.28.